The van der Waals surface area contributed by atoms with Crippen molar-refractivity contribution in [1.29, 1.82) is 0 Å². The Balaban J connectivity index is 2.03. The molecule has 2 unspecified atom stereocenters. The highest BCUT2D eigenvalue weighted by atomic mass is 32.2. The smallest absolute Gasteiger partial charge is 0.214 e. The number of likely N-dealkylation sites (N-methyl/N-ethyl adjacent to an activating group) is 1. The zero-order valence-corrected chi connectivity index (χ0v) is 11.2. The second-order valence-electron chi connectivity index (χ2n) is 5.09. The Hall–Kier alpha value is -0.170. The summed E-state index contributed by atoms with van der Waals surface area (Å²) in [4.78, 5) is 2.33. The second-order valence-corrected chi connectivity index (χ2v) is 7.18. The molecule has 0 amide bonds. The predicted molar refractivity (Wildman–Crippen MR) is 66.3 cm³/mol. The third kappa shape index (κ3) is 2.81. The van der Waals surface area contributed by atoms with Gasteiger partial charge in [-0.15, -0.1) is 0 Å². The summed E-state index contributed by atoms with van der Waals surface area (Å²) < 4.78 is 25.8. The topological polar surface area (TPSA) is 60.9 Å². The summed E-state index contributed by atoms with van der Waals surface area (Å²) in [6.07, 6.45) is 3.58. The summed E-state index contributed by atoms with van der Waals surface area (Å²) in [6.45, 7) is 1.21. The Morgan fingerprint density at radius 2 is 1.94 bits per heavy atom. The highest BCUT2D eigenvalue weighted by molar-refractivity contribution is 7.89. The Kier molecular flexibility index (Phi) is 4.07. The standard InChI is InChI=1S/C11H22N2O3S/c1-12-10-3-4-11(12)9-13(6-5-10)17(15,16)8-2-7-14/h10-11,14H,2-9H2,1H3. The van der Waals surface area contributed by atoms with Crippen LogP contribution in [0.5, 0.6) is 0 Å². The van der Waals surface area contributed by atoms with Crippen LogP contribution in [0.3, 0.4) is 0 Å². The SMILES string of the molecule is CN1C2CCC1CN(S(=O)(=O)CCCO)CC2. The van der Waals surface area contributed by atoms with Gasteiger partial charge in [0.1, 0.15) is 0 Å². The predicted octanol–water partition coefficient (Wildman–Crippen LogP) is -0.133. The van der Waals surface area contributed by atoms with Crippen molar-refractivity contribution < 1.29 is 13.5 Å². The molecule has 100 valence electrons. The van der Waals surface area contributed by atoms with E-state index in [2.05, 4.69) is 11.9 Å². The largest absolute Gasteiger partial charge is 0.396 e. The maximum absolute atomic E-state index is 12.1. The molecule has 0 aliphatic carbocycles. The molecule has 6 heteroatoms. The molecule has 2 heterocycles. The molecule has 2 saturated heterocycles. The van der Waals surface area contributed by atoms with Gasteiger partial charge in [-0.3, -0.25) is 4.90 Å². The van der Waals surface area contributed by atoms with Crippen LogP contribution in [0.4, 0.5) is 0 Å². The average Bonchev–Trinajstić information content (AvgIpc) is 2.49. The van der Waals surface area contributed by atoms with Gasteiger partial charge in [-0.25, -0.2) is 12.7 Å². The van der Waals surface area contributed by atoms with Crippen molar-refractivity contribution in [3.63, 3.8) is 0 Å². The van der Waals surface area contributed by atoms with E-state index in [-0.39, 0.29) is 12.4 Å². The number of nitrogens with zero attached hydrogens (tertiary/aromatic N) is 2. The van der Waals surface area contributed by atoms with Gasteiger partial charge in [-0.1, -0.05) is 0 Å². The number of aliphatic hydroxyl groups excluding tert-OH is 1. The van der Waals surface area contributed by atoms with Crippen LogP contribution in [-0.2, 0) is 10.0 Å². The van der Waals surface area contributed by atoms with Crippen molar-refractivity contribution in [3.05, 3.63) is 0 Å². The molecule has 5 nitrogen and oxygen atoms in total. The van der Waals surface area contributed by atoms with Crippen LogP contribution in [-0.4, -0.2) is 67.3 Å². The molecule has 17 heavy (non-hydrogen) atoms. The van der Waals surface area contributed by atoms with Gasteiger partial charge in [0.25, 0.3) is 0 Å². The molecule has 0 aromatic carbocycles. The number of hydrogen-bond acceptors (Lipinski definition) is 4. The molecular formula is C11H22N2O3S. The summed E-state index contributed by atoms with van der Waals surface area (Å²) in [7, 11) is -1.06. The molecule has 0 spiro atoms. The monoisotopic (exact) mass is 262 g/mol. The Morgan fingerprint density at radius 3 is 2.65 bits per heavy atom. The molecule has 0 aromatic heterocycles. The van der Waals surface area contributed by atoms with Gasteiger partial charge in [0.2, 0.25) is 10.0 Å². The zero-order chi connectivity index (χ0) is 12.5. The van der Waals surface area contributed by atoms with E-state index in [1.165, 1.54) is 6.42 Å². The number of sulfonamides is 1. The van der Waals surface area contributed by atoms with Crippen molar-refractivity contribution in [2.45, 2.75) is 37.8 Å². The maximum atomic E-state index is 12.1. The lowest BCUT2D eigenvalue weighted by Gasteiger charge is -2.25. The lowest BCUT2D eigenvalue weighted by molar-refractivity contribution is 0.246. The van der Waals surface area contributed by atoms with Gasteiger partial charge < -0.3 is 5.11 Å². The van der Waals surface area contributed by atoms with E-state index in [0.29, 0.717) is 31.6 Å². The first-order valence-electron chi connectivity index (χ1n) is 6.35. The lowest BCUT2D eigenvalue weighted by Crippen LogP contribution is -2.40. The molecule has 2 bridgehead atoms. The quantitative estimate of drug-likeness (QED) is 0.766. The third-order valence-electron chi connectivity index (χ3n) is 4.06. The van der Waals surface area contributed by atoms with Crippen molar-refractivity contribution in [2.24, 2.45) is 0 Å². The van der Waals surface area contributed by atoms with Gasteiger partial charge in [-0.05, 0) is 32.7 Å². The van der Waals surface area contributed by atoms with E-state index in [4.69, 9.17) is 5.11 Å². The van der Waals surface area contributed by atoms with Gasteiger partial charge in [0, 0.05) is 31.8 Å². The molecule has 0 radical (unpaired) electrons. The van der Waals surface area contributed by atoms with Gasteiger partial charge in [-0.2, -0.15) is 0 Å². The minimum absolute atomic E-state index is 0.0565. The molecule has 2 aliphatic rings. The first-order chi connectivity index (χ1) is 8.04. The Bertz CT molecular complexity index is 358. The van der Waals surface area contributed by atoms with E-state index >= 15 is 0 Å². The van der Waals surface area contributed by atoms with Crippen LogP contribution in [0, 0.1) is 0 Å². The number of hydrogen-bond donors (Lipinski definition) is 1. The van der Waals surface area contributed by atoms with Crippen LogP contribution < -0.4 is 0 Å². The normalized spacial score (nSPS) is 31.6. The van der Waals surface area contributed by atoms with E-state index in [1.807, 2.05) is 0 Å². The van der Waals surface area contributed by atoms with Crippen molar-refractivity contribution in [2.75, 3.05) is 32.5 Å². The Morgan fingerprint density at radius 1 is 1.24 bits per heavy atom. The summed E-state index contributed by atoms with van der Waals surface area (Å²) in [5.41, 5.74) is 0. The molecule has 2 atom stereocenters. The zero-order valence-electron chi connectivity index (χ0n) is 10.4. The van der Waals surface area contributed by atoms with Crippen LogP contribution in [0.15, 0.2) is 0 Å². The number of aliphatic hydroxyl groups is 1. The molecule has 0 saturated carbocycles. The number of rotatable bonds is 4. The van der Waals surface area contributed by atoms with E-state index in [1.54, 1.807) is 4.31 Å². The van der Waals surface area contributed by atoms with Gasteiger partial charge >= 0.3 is 0 Å². The fourth-order valence-electron chi connectivity index (χ4n) is 2.91. The summed E-state index contributed by atoms with van der Waals surface area (Å²) in [5.74, 6) is 0.0740. The minimum atomic E-state index is -3.17. The van der Waals surface area contributed by atoms with Gasteiger partial charge in [0.05, 0.1) is 5.75 Å². The van der Waals surface area contributed by atoms with Crippen molar-refractivity contribution in [3.8, 4) is 0 Å². The highest BCUT2D eigenvalue weighted by Crippen LogP contribution is 2.29. The molecule has 0 aromatic rings. The molecule has 2 fully saturated rings. The number of fused-ring (bicyclic) bond motifs is 2. The Labute approximate surface area is 103 Å². The van der Waals surface area contributed by atoms with E-state index in [0.717, 1.165) is 12.8 Å². The second kappa shape index (κ2) is 5.22. The average molecular weight is 262 g/mol. The molecular weight excluding hydrogens is 240 g/mol. The highest BCUT2D eigenvalue weighted by Gasteiger charge is 2.37. The van der Waals surface area contributed by atoms with E-state index < -0.39 is 10.0 Å². The van der Waals surface area contributed by atoms with Crippen LogP contribution >= 0.6 is 0 Å². The van der Waals surface area contributed by atoms with Crippen LogP contribution in [0.1, 0.15) is 25.7 Å². The lowest BCUT2D eigenvalue weighted by atomic mass is 10.1. The van der Waals surface area contributed by atoms with Crippen molar-refractivity contribution in [1.82, 2.24) is 9.21 Å². The molecule has 2 rings (SSSR count). The van der Waals surface area contributed by atoms with Crippen LogP contribution in [0.2, 0.25) is 0 Å². The first kappa shape index (κ1) is 13.3. The third-order valence-corrected chi connectivity index (χ3v) is 5.99. The van der Waals surface area contributed by atoms with Crippen molar-refractivity contribution >= 4 is 10.0 Å². The fourth-order valence-corrected chi connectivity index (χ4v) is 4.44. The minimum Gasteiger partial charge on any atom is -0.396 e. The molecule has 2 aliphatic heterocycles. The first-order valence-corrected chi connectivity index (χ1v) is 7.96. The summed E-state index contributed by atoms with van der Waals surface area (Å²) in [5, 5.41) is 8.74. The van der Waals surface area contributed by atoms with Gasteiger partial charge in [0.15, 0.2) is 0 Å². The van der Waals surface area contributed by atoms with Crippen LogP contribution in [0.25, 0.3) is 0 Å². The fraction of sp³-hybridized carbons (Fsp3) is 1.00. The summed E-state index contributed by atoms with van der Waals surface area (Å²) >= 11 is 0. The van der Waals surface area contributed by atoms with E-state index in [9.17, 15) is 8.42 Å². The summed E-state index contributed by atoms with van der Waals surface area (Å²) in [6, 6.07) is 0.935. The molecule has 1 N–H and O–H groups in total. The maximum Gasteiger partial charge on any atom is 0.214 e.